The number of rotatable bonds is 1. The van der Waals surface area contributed by atoms with Crippen LogP contribution in [0.1, 0.15) is 65.1 Å². The summed E-state index contributed by atoms with van der Waals surface area (Å²) in [6.07, 6.45) is 3.59. The summed E-state index contributed by atoms with van der Waals surface area (Å²) >= 11 is 0.750. The number of aromatic nitrogens is 2. The number of fused-ring (bicyclic) bond motifs is 5. The molecule has 6 rings (SSSR count). The van der Waals surface area contributed by atoms with E-state index >= 15 is 0 Å². The zero-order chi connectivity index (χ0) is 24.3. The predicted octanol–water partition coefficient (Wildman–Crippen LogP) is 4.19. The third-order valence-corrected chi connectivity index (χ3v) is 7.24. The Hall–Kier alpha value is -2.75. The fourth-order valence-electron chi connectivity index (χ4n) is 5.61. The predicted molar refractivity (Wildman–Crippen MR) is 129 cm³/mol. The van der Waals surface area contributed by atoms with Gasteiger partial charge in [0.15, 0.2) is 0 Å². The standard InChI is InChI=1S/C24H22FN3O3.CH4OS/c1-3-11-13-6-19-22-14(8-28(19)23(29)15(13)9-31-24(11)30)20-17(26)5-4-12-10(2)16(25)7-18(27-22)21(12)20;1-3-2/h6-7,11,17H,3-5,8-9,26H2,1-2H3;2H,1H3/t11-,17+;/m1./s1. The topological polar surface area (TPSA) is 107 Å². The van der Waals surface area contributed by atoms with Crippen molar-refractivity contribution in [3.8, 4) is 11.4 Å². The Morgan fingerprint density at radius 2 is 2.03 bits per heavy atom. The normalized spacial score (nSPS) is 19.6. The summed E-state index contributed by atoms with van der Waals surface area (Å²) < 4.78 is 29.1. The summed E-state index contributed by atoms with van der Waals surface area (Å²) in [7, 11) is 0. The third-order valence-electron chi connectivity index (χ3n) is 7.24. The van der Waals surface area contributed by atoms with Crippen LogP contribution in [0, 0.1) is 12.7 Å². The minimum Gasteiger partial charge on any atom is -0.460 e. The maximum Gasteiger partial charge on any atom is 0.313 e. The number of aryl methyl sites for hydroxylation is 1. The average molecular weight is 484 g/mol. The molecule has 9 heteroatoms. The third kappa shape index (κ3) is 3.21. The van der Waals surface area contributed by atoms with E-state index in [1.807, 2.05) is 13.0 Å². The van der Waals surface area contributed by atoms with E-state index in [0.29, 0.717) is 47.4 Å². The van der Waals surface area contributed by atoms with Crippen LogP contribution in [0.15, 0.2) is 16.9 Å². The smallest absolute Gasteiger partial charge is 0.313 e. The van der Waals surface area contributed by atoms with Gasteiger partial charge in [0.05, 0.1) is 34.9 Å². The van der Waals surface area contributed by atoms with E-state index < -0.39 is 5.92 Å². The van der Waals surface area contributed by atoms with Gasteiger partial charge < -0.3 is 19.6 Å². The highest BCUT2D eigenvalue weighted by Crippen LogP contribution is 2.44. The number of benzene rings is 1. The molecule has 7 nitrogen and oxygen atoms in total. The molecular weight excluding hydrogens is 457 g/mol. The molecule has 0 spiro atoms. The Bertz CT molecular complexity index is 1420. The molecule has 3 aromatic rings. The van der Waals surface area contributed by atoms with Crippen LogP contribution >= 0.6 is 12.0 Å². The van der Waals surface area contributed by atoms with Crippen LogP contribution in [0.3, 0.4) is 0 Å². The molecule has 0 unspecified atom stereocenters. The zero-order valence-corrected chi connectivity index (χ0v) is 20.1. The van der Waals surface area contributed by atoms with Crippen molar-refractivity contribution in [2.45, 2.75) is 58.2 Å². The molecule has 34 heavy (non-hydrogen) atoms. The Morgan fingerprint density at radius 3 is 2.74 bits per heavy atom. The van der Waals surface area contributed by atoms with Crippen LogP contribution in [0.25, 0.3) is 22.3 Å². The van der Waals surface area contributed by atoms with E-state index in [2.05, 4.69) is 0 Å². The number of cyclic esters (lactones) is 1. The number of halogens is 1. The van der Waals surface area contributed by atoms with Crippen molar-refractivity contribution in [3.63, 3.8) is 0 Å². The Kier molecular flexibility index (Phi) is 5.74. The summed E-state index contributed by atoms with van der Waals surface area (Å²) in [6.45, 7) is 4.08. The van der Waals surface area contributed by atoms with Gasteiger partial charge in [0.1, 0.15) is 12.4 Å². The number of hydrogen-bond acceptors (Lipinski definition) is 7. The highest BCUT2D eigenvalue weighted by atomic mass is 32.2. The van der Waals surface area contributed by atoms with Crippen molar-refractivity contribution in [1.29, 1.82) is 0 Å². The van der Waals surface area contributed by atoms with E-state index in [0.717, 1.165) is 46.1 Å². The number of carbonyl (C=O) groups is 1. The quantitative estimate of drug-likeness (QED) is 0.309. The van der Waals surface area contributed by atoms with Gasteiger partial charge in [-0.25, -0.2) is 9.37 Å². The van der Waals surface area contributed by atoms with E-state index in [1.165, 1.54) is 6.07 Å². The molecule has 0 saturated carbocycles. The molecule has 0 saturated heterocycles. The van der Waals surface area contributed by atoms with Crippen LogP contribution in [0.2, 0.25) is 0 Å². The van der Waals surface area contributed by atoms with Gasteiger partial charge in [0.25, 0.3) is 5.56 Å². The van der Waals surface area contributed by atoms with Crippen molar-refractivity contribution in [2.24, 2.45) is 5.73 Å². The van der Waals surface area contributed by atoms with Gasteiger partial charge in [-0.2, -0.15) is 0 Å². The summed E-state index contributed by atoms with van der Waals surface area (Å²) in [4.78, 5) is 30.5. The van der Waals surface area contributed by atoms with E-state index in [1.54, 1.807) is 17.7 Å². The number of nitrogens with zero attached hydrogens (tertiary/aromatic N) is 2. The first-order valence-electron chi connectivity index (χ1n) is 11.3. The number of esters is 1. The van der Waals surface area contributed by atoms with Crippen molar-refractivity contribution >= 4 is 28.9 Å². The minimum absolute atomic E-state index is 0.00352. The molecule has 3 aliphatic rings. The lowest BCUT2D eigenvalue weighted by Crippen LogP contribution is -2.32. The lowest BCUT2D eigenvalue weighted by Gasteiger charge is -2.26. The first-order valence-corrected chi connectivity index (χ1v) is 12.5. The largest absolute Gasteiger partial charge is 0.460 e. The highest BCUT2D eigenvalue weighted by Gasteiger charge is 2.36. The van der Waals surface area contributed by atoms with Crippen LogP contribution in [0.5, 0.6) is 0 Å². The fraction of sp³-hybridized carbons (Fsp3) is 0.400. The molecular formula is C25H26FN3O4S. The van der Waals surface area contributed by atoms with Gasteiger partial charge in [0, 0.05) is 29.3 Å². The molecule has 2 aromatic heterocycles. The molecule has 0 bridgehead atoms. The van der Waals surface area contributed by atoms with Crippen LogP contribution in [0.4, 0.5) is 4.39 Å². The number of ether oxygens (including phenoxy) is 1. The molecule has 4 heterocycles. The summed E-state index contributed by atoms with van der Waals surface area (Å²) in [6, 6.07) is 3.19. The molecule has 2 aliphatic heterocycles. The maximum atomic E-state index is 14.6. The van der Waals surface area contributed by atoms with Gasteiger partial charge in [-0.05, 0) is 66.5 Å². The summed E-state index contributed by atoms with van der Waals surface area (Å²) in [5, 5.41) is 0.937. The first kappa shape index (κ1) is 23.0. The second kappa shape index (κ2) is 8.48. The van der Waals surface area contributed by atoms with Crippen molar-refractivity contribution in [1.82, 2.24) is 9.55 Å². The number of hydrogen-bond donors (Lipinski definition) is 2. The zero-order valence-electron chi connectivity index (χ0n) is 19.3. The monoisotopic (exact) mass is 483 g/mol. The SMILES string of the molecule is CC[C@H]1C(=O)OCc2c1cc1n(c2=O)Cc2c-1nc1cc(F)c(C)c3c1c2[C@@H](N)CC3.CSO. The Balaban J connectivity index is 0.000000764. The first-order chi connectivity index (χ1) is 16.3. The molecule has 0 amide bonds. The van der Waals surface area contributed by atoms with Gasteiger partial charge in [-0.15, -0.1) is 0 Å². The van der Waals surface area contributed by atoms with Crippen LogP contribution < -0.4 is 11.3 Å². The number of pyridine rings is 2. The van der Waals surface area contributed by atoms with Crippen molar-refractivity contribution in [2.75, 3.05) is 6.26 Å². The molecule has 3 N–H and O–H groups in total. The number of carbonyl (C=O) groups excluding carboxylic acids is 1. The lowest BCUT2D eigenvalue weighted by atomic mass is 9.82. The van der Waals surface area contributed by atoms with Gasteiger partial charge in [-0.3, -0.25) is 9.59 Å². The average Bonchev–Trinajstić information content (AvgIpc) is 3.17. The highest BCUT2D eigenvalue weighted by molar-refractivity contribution is 7.93. The second-order valence-electron chi connectivity index (χ2n) is 8.96. The fourth-order valence-corrected chi connectivity index (χ4v) is 5.61. The van der Waals surface area contributed by atoms with Gasteiger partial charge >= 0.3 is 5.97 Å². The van der Waals surface area contributed by atoms with E-state index in [-0.39, 0.29) is 30.0 Å². The molecule has 1 aromatic carbocycles. The molecule has 0 radical (unpaired) electrons. The van der Waals surface area contributed by atoms with Gasteiger partial charge in [0.2, 0.25) is 0 Å². The Labute approximate surface area is 200 Å². The molecule has 0 fully saturated rings. The van der Waals surface area contributed by atoms with Crippen molar-refractivity contribution in [3.05, 3.63) is 61.7 Å². The maximum absolute atomic E-state index is 14.6. The van der Waals surface area contributed by atoms with E-state index in [9.17, 15) is 14.0 Å². The number of nitrogens with two attached hydrogens (primary N) is 1. The van der Waals surface area contributed by atoms with E-state index in [4.69, 9.17) is 20.0 Å². The molecule has 1 aliphatic carbocycles. The van der Waals surface area contributed by atoms with Crippen molar-refractivity contribution < 1.29 is 18.5 Å². The van der Waals surface area contributed by atoms with Crippen LogP contribution in [-0.2, 0) is 29.1 Å². The second-order valence-corrected chi connectivity index (χ2v) is 9.32. The van der Waals surface area contributed by atoms with Gasteiger partial charge in [-0.1, -0.05) is 6.92 Å². The molecule has 178 valence electrons. The molecule has 2 atom stereocenters. The lowest BCUT2D eigenvalue weighted by molar-refractivity contribution is -0.148. The minimum atomic E-state index is -0.459. The van der Waals surface area contributed by atoms with Crippen LogP contribution in [-0.4, -0.2) is 26.3 Å². The summed E-state index contributed by atoms with van der Waals surface area (Å²) in [5.41, 5.74) is 13.1. The Morgan fingerprint density at radius 1 is 1.29 bits per heavy atom. The summed E-state index contributed by atoms with van der Waals surface area (Å²) in [5.74, 6) is -1.03.